The van der Waals surface area contributed by atoms with E-state index < -0.39 is 0 Å². The van der Waals surface area contributed by atoms with Crippen molar-refractivity contribution in [2.24, 2.45) is 4.99 Å². The molecular weight excluding hydrogens is 346 g/mol. The van der Waals surface area contributed by atoms with Gasteiger partial charge in [0.2, 0.25) is 0 Å². The summed E-state index contributed by atoms with van der Waals surface area (Å²) in [5, 5.41) is 6.85. The molecule has 3 rings (SSSR count). The highest BCUT2D eigenvalue weighted by atomic mass is 32.1. The molecule has 1 aliphatic rings. The van der Waals surface area contributed by atoms with E-state index in [1.807, 2.05) is 18.5 Å². The lowest BCUT2D eigenvalue weighted by Crippen LogP contribution is -2.44. The quantitative estimate of drug-likeness (QED) is 0.574. The normalized spacial score (nSPS) is 17.2. The van der Waals surface area contributed by atoms with Gasteiger partial charge in [-0.1, -0.05) is 6.42 Å². The number of aryl methyl sites for hydroxylation is 1. The summed E-state index contributed by atoms with van der Waals surface area (Å²) in [6.45, 7) is 8.64. The predicted molar refractivity (Wildman–Crippen MR) is 107 cm³/mol. The molecule has 1 fully saturated rings. The van der Waals surface area contributed by atoms with Gasteiger partial charge in [-0.2, -0.15) is 0 Å². The maximum Gasteiger partial charge on any atom is 0.191 e. The number of nitrogens with zero attached hydrogens (tertiary/aromatic N) is 3. The molecule has 1 unspecified atom stereocenters. The highest BCUT2D eigenvalue weighted by Crippen LogP contribution is 2.24. The lowest BCUT2D eigenvalue weighted by Gasteiger charge is -2.33. The Morgan fingerprint density at radius 1 is 1.35 bits per heavy atom. The van der Waals surface area contributed by atoms with Crippen LogP contribution in [-0.4, -0.2) is 42.0 Å². The van der Waals surface area contributed by atoms with Crippen LogP contribution >= 0.6 is 11.3 Å². The fourth-order valence-corrected chi connectivity index (χ4v) is 3.98. The Labute approximate surface area is 159 Å². The van der Waals surface area contributed by atoms with Gasteiger partial charge in [-0.05, 0) is 51.9 Å². The van der Waals surface area contributed by atoms with Crippen LogP contribution in [0.15, 0.2) is 33.3 Å². The summed E-state index contributed by atoms with van der Waals surface area (Å²) in [6, 6.07) is 4.28. The Kier molecular flexibility index (Phi) is 7.08. The minimum Gasteiger partial charge on any atom is -0.468 e. The van der Waals surface area contributed by atoms with E-state index in [2.05, 4.69) is 33.5 Å². The smallest absolute Gasteiger partial charge is 0.191 e. The first kappa shape index (κ1) is 18.9. The molecule has 0 saturated carbocycles. The molecule has 0 radical (unpaired) electrons. The largest absolute Gasteiger partial charge is 0.468 e. The van der Waals surface area contributed by atoms with Crippen LogP contribution < -0.4 is 10.6 Å². The zero-order valence-electron chi connectivity index (χ0n) is 15.7. The predicted octanol–water partition coefficient (Wildman–Crippen LogP) is 3.33. The topological polar surface area (TPSA) is 65.7 Å². The summed E-state index contributed by atoms with van der Waals surface area (Å²) >= 11 is 1.66. The van der Waals surface area contributed by atoms with Gasteiger partial charge < -0.3 is 15.1 Å². The first-order valence-corrected chi connectivity index (χ1v) is 10.3. The molecule has 142 valence electrons. The lowest BCUT2D eigenvalue weighted by molar-refractivity contribution is 0.146. The number of aliphatic imine (C=N–C) groups is 1. The van der Waals surface area contributed by atoms with Crippen LogP contribution in [0.3, 0.4) is 0 Å². The van der Waals surface area contributed by atoms with Crippen LogP contribution in [0.2, 0.25) is 0 Å². The summed E-state index contributed by atoms with van der Waals surface area (Å²) in [6.07, 6.45) is 5.61. The number of aromatic nitrogens is 1. The summed E-state index contributed by atoms with van der Waals surface area (Å²) < 4.78 is 5.73. The lowest BCUT2D eigenvalue weighted by atomic mass is 10.1. The number of hydrogen-bond acceptors (Lipinski definition) is 5. The zero-order valence-corrected chi connectivity index (χ0v) is 16.5. The Morgan fingerprint density at radius 2 is 2.19 bits per heavy atom. The molecule has 0 spiro atoms. The SMILES string of the molecule is CCNC(=NCc1scnc1C)NCC(c1ccco1)N1CCCCC1. The molecule has 1 saturated heterocycles. The van der Waals surface area contributed by atoms with Crippen molar-refractivity contribution in [3.8, 4) is 0 Å². The summed E-state index contributed by atoms with van der Waals surface area (Å²) in [4.78, 5) is 12.8. The Morgan fingerprint density at radius 3 is 2.85 bits per heavy atom. The van der Waals surface area contributed by atoms with E-state index in [0.717, 1.165) is 43.6 Å². The van der Waals surface area contributed by atoms with E-state index in [0.29, 0.717) is 6.54 Å². The first-order valence-electron chi connectivity index (χ1n) is 9.46. The molecule has 7 heteroatoms. The van der Waals surface area contributed by atoms with Crippen molar-refractivity contribution in [2.75, 3.05) is 26.2 Å². The van der Waals surface area contributed by atoms with E-state index in [1.54, 1.807) is 17.6 Å². The third-order valence-corrected chi connectivity index (χ3v) is 5.66. The number of nitrogens with one attached hydrogen (secondary N) is 2. The number of furan rings is 1. The van der Waals surface area contributed by atoms with Gasteiger partial charge in [-0.25, -0.2) is 9.98 Å². The van der Waals surface area contributed by atoms with Crippen LogP contribution in [0.4, 0.5) is 0 Å². The third kappa shape index (κ3) is 5.08. The van der Waals surface area contributed by atoms with Crippen molar-refractivity contribution in [3.05, 3.63) is 40.2 Å². The number of rotatable bonds is 7. The van der Waals surface area contributed by atoms with Crippen molar-refractivity contribution in [1.29, 1.82) is 0 Å². The number of thiazole rings is 1. The molecule has 0 amide bonds. The number of hydrogen-bond donors (Lipinski definition) is 2. The second-order valence-electron chi connectivity index (χ2n) is 6.56. The minimum absolute atomic E-state index is 0.235. The van der Waals surface area contributed by atoms with Crippen LogP contribution in [0.5, 0.6) is 0 Å². The maximum atomic E-state index is 5.73. The molecule has 2 N–H and O–H groups in total. The summed E-state index contributed by atoms with van der Waals surface area (Å²) in [5.74, 6) is 1.86. The van der Waals surface area contributed by atoms with E-state index in [4.69, 9.17) is 9.41 Å². The van der Waals surface area contributed by atoms with Crippen molar-refractivity contribution in [2.45, 2.75) is 45.7 Å². The summed E-state index contributed by atoms with van der Waals surface area (Å²) in [5.41, 5.74) is 2.94. The van der Waals surface area contributed by atoms with Gasteiger partial charge in [0.05, 0.1) is 30.1 Å². The van der Waals surface area contributed by atoms with Crippen LogP contribution in [0.25, 0.3) is 0 Å². The minimum atomic E-state index is 0.235. The van der Waals surface area contributed by atoms with Crippen LogP contribution in [0, 0.1) is 6.92 Å². The number of guanidine groups is 1. The van der Waals surface area contributed by atoms with E-state index in [9.17, 15) is 0 Å². The average molecular weight is 376 g/mol. The van der Waals surface area contributed by atoms with Gasteiger partial charge in [0.25, 0.3) is 0 Å². The second kappa shape index (κ2) is 9.73. The van der Waals surface area contributed by atoms with Crippen LogP contribution in [-0.2, 0) is 6.54 Å². The monoisotopic (exact) mass is 375 g/mol. The van der Waals surface area contributed by atoms with Gasteiger partial charge in [-0.15, -0.1) is 11.3 Å². The van der Waals surface area contributed by atoms with Gasteiger partial charge in [0, 0.05) is 18.0 Å². The molecule has 2 aromatic heterocycles. The Balaban J connectivity index is 1.65. The highest BCUT2D eigenvalue weighted by molar-refractivity contribution is 7.09. The Hall–Kier alpha value is -1.86. The summed E-state index contributed by atoms with van der Waals surface area (Å²) in [7, 11) is 0. The van der Waals surface area contributed by atoms with Gasteiger partial charge in [0.15, 0.2) is 5.96 Å². The molecular formula is C19H29N5OS. The third-order valence-electron chi connectivity index (χ3n) is 4.74. The Bertz CT molecular complexity index is 676. The van der Waals surface area contributed by atoms with Gasteiger partial charge in [-0.3, -0.25) is 4.90 Å². The molecule has 1 atom stereocenters. The fourth-order valence-electron chi connectivity index (χ4n) is 3.28. The second-order valence-corrected chi connectivity index (χ2v) is 7.50. The maximum absolute atomic E-state index is 5.73. The molecule has 0 aromatic carbocycles. The molecule has 2 aromatic rings. The van der Waals surface area contributed by atoms with Crippen molar-refractivity contribution in [1.82, 2.24) is 20.5 Å². The molecule has 6 nitrogen and oxygen atoms in total. The van der Waals surface area contributed by atoms with Crippen molar-refractivity contribution in [3.63, 3.8) is 0 Å². The average Bonchev–Trinajstić information content (AvgIpc) is 3.33. The number of piperidine rings is 1. The van der Waals surface area contributed by atoms with Crippen LogP contribution in [0.1, 0.15) is 48.6 Å². The van der Waals surface area contributed by atoms with E-state index in [1.165, 1.54) is 24.1 Å². The zero-order chi connectivity index (χ0) is 18.2. The molecule has 3 heterocycles. The van der Waals surface area contributed by atoms with E-state index >= 15 is 0 Å². The van der Waals surface area contributed by atoms with Crippen molar-refractivity contribution >= 4 is 17.3 Å². The van der Waals surface area contributed by atoms with Crippen molar-refractivity contribution < 1.29 is 4.42 Å². The fraction of sp³-hybridized carbons (Fsp3) is 0.579. The first-order chi connectivity index (χ1) is 12.8. The molecule has 0 bridgehead atoms. The highest BCUT2D eigenvalue weighted by Gasteiger charge is 2.24. The molecule has 0 aliphatic carbocycles. The van der Waals surface area contributed by atoms with Gasteiger partial charge >= 0.3 is 0 Å². The van der Waals surface area contributed by atoms with E-state index in [-0.39, 0.29) is 6.04 Å². The number of likely N-dealkylation sites (tertiary alicyclic amines) is 1. The molecule has 26 heavy (non-hydrogen) atoms. The molecule has 1 aliphatic heterocycles. The standard InChI is InChI=1S/C19H29N5OS/c1-3-20-19(22-13-18-15(2)23-14-26-18)21-12-16(17-8-7-11-25-17)24-9-5-4-6-10-24/h7-8,11,14,16H,3-6,9-10,12-13H2,1-2H3,(H2,20,21,22). The van der Waals surface area contributed by atoms with Gasteiger partial charge in [0.1, 0.15) is 5.76 Å².